The number of rotatable bonds is 7. The van der Waals surface area contributed by atoms with Gasteiger partial charge >= 0.3 is 0 Å². The topological polar surface area (TPSA) is 88.1 Å². The third-order valence-corrected chi connectivity index (χ3v) is 6.04. The zero-order chi connectivity index (χ0) is 24.1. The molecule has 0 unspecified atom stereocenters. The summed E-state index contributed by atoms with van der Waals surface area (Å²) in [6.07, 6.45) is -0.484. The van der Waals surface area contributed by atoms with Crippen LogP contribution in [0.15, 0.2) is 72.8 Å². The molecule has 0 saturated carbocycles. The van der Waals surface area contributed by atoms with E-state index in [1.807, 2.05) is 61.5 Å². The van der Waals surface area contributed by atoms with Crippen molar-refractivity contribution >= 4 is 17.5 Å². The summed E-state index contributed by atoms with van der Waals surface area (Å²) in [6, 6.07) is 21.7. The van der Waals surface area contributed by atoms with Gasteiger partial charge in [0.15, 0.2) is 0 Å². The highest BCUT2D eigenvalue weighted by Crippen LogP contribution is 2.31. The van der Waals surface area contributed by atoms with Crippen LogP contribution in [0.5, 0.6) is 5.75 Å². The molecule has 1 fully saturated rings. The van der Waals surface area contributed by atoms with Crippen molar-refractivity contribution < 1.29 is 24.2 Å². The van der Waals surface area contributed by atoms with Gasteiger partial charge < -0.3 is 24.8 Å². The van der Waals surface area contributed by atoms with Crippen molar-refractivity contribution in [3.8, 4) is 5.75 Å². The van der Waals surface area contributed by atoms with Gasteiger partial charge in [-0.05, 0) is 53.9 Å². The second-order valence-electron chi connectivity index (χ2n) is 8.24. The number of aryl methyl sites for hydroxylation is 1. The molecule has 1 aliphatic rings. The number of morpholine rings is 1. The Labute approximate surface area is 198 Å². The summed E-state index contributed by atoms with van der Waals surface area (Å²) in [4.78, 5) is 26.9. The van der Waals surface area contributed by atoms with Crippen LogP contribution in [0.3, 0.4) is 0 Å². The van der Waals surface area contributed by atoms with E-state index in [-0.39, 0.29) is 25.0 Å². The Morgan fingerprint density at radius 3 is 2.44 bits per heavy atom. The summed E-state index contributed by atoms with van der Waals surface area (Å²) < 4.78 is 11.0. The van der Waals surface area contributed by atoms with E-state index in [2.05, 4.69) is 5.32 Å². The quantitative estimate of drug-likeness (QED) is 0.561. The van der Waals surface area contributed by atoms with Crippen LogP contribution in [0.1, 0.15) is 33.2 Å². The van der Waals surface area contributed by atoms with Gasteiger partial charge in [-0.1, -0.05) is 42.5 Å². The van der Waals surface area contributed by atoms with E-state index in [1.54, 1.807) is 30.2 Å². The van der Waals surface area contributed by atoms with E-state index in [1.165, 1.54) is 0 Å². The lowest BCUT2D eigenvalue weighted by Crippen LogP contribution is -2.52. The predicted octanol–water partition coefficient (Wildman–Crippen LogP) is 3.72. The number of methoxy groups -OCH3 is 1. The van der Waals surface area contributed by atoms with E-state index in [0.717, 1.165) is 22.4 Å². The third-order valence-electron chi connectivity index (χ3n) is 6.04. The van der Waals surface area contributed by atoms with Crippen LogP contribution < -0.4 is 10.1 Å². The molecule has 3 aromatic carbocycles. The van der Waals surface area contributed by atoms with E-state index in [0.29, 0.717) is 17.8 Å². The number of carbonyl (C=O) groups is 2. The normalized spacial score (nSPS) is 18.0. The van der Waals surface area contributed by atoms with Crippen molar-refractivity contribution in [2.45, 2.75) is 25.6 Å². The average Bonchev–Trinajstić information content (AvgIpc) is 2.86. The largest absolute Gasteiger partial charge is 0.497 e. The summed E-state index contributed by atoms with van der Waals surface area (Å²) in [5.41, 5.74) is 3.93. The van der Waals surface area contributed by atoms with Gasteiger partial charge in [-0.3, -0.25) is 9.59 Å². The van der Waals surface area contributed by atoms with Gasteiger partial charge in [-0.2, -0.15) is 0 Å². The van der Waals surface area contributed by atoms with Crippen molar-refractivity contribution in [2.75, 3.05) is 25.6 Å². The van der Waals surface area contributed by atoms with E-state index in [9.17, 15) is 14.7 Å². The Kier molecular flexibility index (Phi) is 7.25. The highest BCUT2D eigenvalue weighted by atomic mass is 16.5. The zero-order valence-electron chi connectivity index (χ0n) is 19.2. The number of nitrogens with zero attached hydrogens (tertiary/aromatic N) is 1. The molecule has 176 valence electrons. The third kappa shape index (κ3) is 5.11. The van der Waals surface area contributed by atoms with Gasteiger partial charge in [0.05, 0.1) is 19.8 Å². The number of nitrogens with one attached hydrogen (secondary N) is 1. The summed E-state index contributed by atoms with van der Waals surface area (Å²) in [5.74, 6) is 0.390. The molecule has 2 N–H and O–H groups in total. The maximum Gasteiger partial charge on any atom is 0.255 e. The molecule has 1 aliphatic heterocycles. The molecule has 1 saturated heterocycles. The Morgan fingerprint density at radius 2 is 1.79 bits per heavy atom. The molecule has 0 radical (unpaired) electrons. The standard InChI is InChI=1S/C27H28N2O5/c1-18-5-3-4-6-23(18)27(32)28-21-11-9-20(10-12-21)26-24(16-30)29(25(31)17-34-26)15-19-7-13-22(33-2)14-8-19/h3-14,24,26,30H,15-17H2,1-2H3,(H,28,32)/t24-,26-/m1/s1. The Hall–Kier alpha value is -3.68. The second-order valence-corrected chi connectivity index (χ2v) is 8.24. The predicted molar refractivity (Wildman–Crippen MR) is 129 cm³/mol. The molecule has 0 bridgehead atoms. The van der Waals surface area contributed by atoms with Crippen molar-refractivity contribution in [3.05, 3.63) is 95.1 Å². The molecule has 7 nitrogen and oxygen atoms in total. The van der Waals surface area contributed by atoms with E-state index >= 15 is 0 Å². The number of ether oxygens (including phenoxy) is 2. The maximum atomic E-state index is 12.6. The van der Waals surface area contributed by atoms with Crippen molar-refractivity contribution in [3.63, 3.8) is 0 Å². The van der Waals surface area contributed by atoms with Crippen molar-refractivity contribution in [1.82, 2.24) is 4.90 Å². The van der Waals surface area contributed by atoms with E-state index < -0.39 is 12.1 Å². The summed E-state index contributed by atoms with van der Waals surface area (Å²) in [6.45, 7) is 1.95. The van der Waals surface area contributed by atoms with Crippen LogP contribution in [-0.4, -0.2) is 48.2 Å². The fraction of sp³-hybridized carbons (Fsp3) is 0.259. The monoisotopic (exact) mass is 460 g/mol. The molecule has 3 aromatic rings. The highest BCUT2D eigenvalue weighted by molar-refractivity contribution is 6.05. The van der Waals surface area contributed by atoms with Crippen LogP contribution in [0, 0.1) is 6.92 Å². The van der Waals surface area contributed by atoms with Gasteiger partial charge in [0.25, 0.3) is 5.91 Å². The molecule has 1 heterocycles. The van der Waals surface area contributed by atoms with Gasteiger partial charge in [0.2, 0.25) is 5.91 Å². The minimum atomic E-state index is -0.532. The lowest BCUT2D eigenvalue weighted by atomic mass is 9.98. The van der Waals surface area contributed by atoms with Crippen LogP contribution in [-0.2, 0) is 16.1 Å². The zero-order valence-corrected chi connectivity index (χ0v) is 19.2. The Morgan fingerprint density at radius 1 is 1.09 bits per heavy atom. The SMILES string of the molecule is COc1ccc(CN2C(=O)CO[C@H](c3ccc(NC(=O)c4ccccc4C)cc3)[C@H]2CO)cc1. The van der Waals surface area contributed by atoms with Gasteiger partial charge in [-0.15, -0.1) is 0 Å². The lowest BCUT2D eigenvalue weighted by Gasteiger charge is -2.40. The maximum absolute atomic E-state index is 12.6. The van der Waals surface area contributed by atoms with Crippen molar-refractivity contribution in [1.29, 1.82) is 0 Å². The molecular weight excluding hydrogens is 432 g/mol. The lowest BCUT2D eigenvalue weighted by molar-refractivity contribution is -0.162. The minimum Gasteiger partial charge on any atom is -0.497 e. The van der Waals surface area contributed by atoms with Crippen molar-refractivity contribution in [2.24, 2.45) is 0 Å². The minimum absolute atomic E-state index is 0.0664. The first kappa shape index (κ1) is 23.5. The molecule has 0 aliphatic carbocycles. The Bertz CT molecular complexity index is 1140. The number of hydrogen-bond donors (Lipinski definition) is 2. The fourth-order valence-corrected chi connectivity index (χ4v) is 4.13. The number of carbonyl (C=O) groups excluding carboxylic acids is 2. The Balaban J connectivity index is 1.48. The summed E-state index contributed by atoms with van der Waals surface area (Å²) >= 11 is 0. The van der Waals surface area contributed by atoms with Crippen LogP contribution in [0.25, 0.3) is 0 Å². The smallest absolute Gasteiger partial charge is 0.255 e. The van der Waals surface area contributed by atoms with Crippen LogP contribution in [0.2, 0.25) is 0 Å². The van der Waals surface area contributed by atoms with Gasteiger partial charge in [0.1, 0.15) is 18.5 Å². The summed E-state index contributed by atoms with van der Waals surface area (Å²) in [7, 11) is 1.60. The fourth-order valence-electron chi connectivity index (χ4n) is 4.13. The molecule has 34 heavy (non-hydrogen) atoms. The number of anilines is 1. The first-order chi connectivity index (χ1) is 16.5. The van der Waals surface area contributed by atoms with Gasteiger partial charge in [-0.25, -0.2) is 0 Å². The molecule has 7 heteroatoms. The second kappa shape index (κ2) is 10.5. The number of hydrogen-bond acceptors (Lipinski definition) is 5. The number of benzene rings is 3. The number of aliphatic hydroxyl groups is 1. The van der Waals surface area contributed by atoms with Gasteiger partial charge in [0, 0.05) is 17.8 Å². The molecule has 2 atom stereocenters. The first-order valence-corrected chi connectivity index (χ1v) is 11.1. The molecular formula is C27H28N2O5. The number of amides is 2. The average molecular weight is 461 g/mol. The number of aliphatic hydroxyl groups excluding tert-OH is 1. The molecule has 0 spiro atoms. The van der Waals surface area contributed by atoms with Crippen LogP contribution >= 0.6 is 0 Å². The van der Waals surface area contributed by atoms with Crippen LogP contribution in [0.4, 0.5) is 5.69 Å². The van der Waals surface area contributed by atoms with E-state index in [4.69, 9.17) is 9.47 Å². The molecule has 0 aromatic heterocycles. The highest BCUT2D eigenvalue weighted by Gasteiger charge is 2.37. The molecule has 4 rings (SSSR count). The summed E-state index contributed by atoms with van der Waals surface area (Å²) in [5, 5.41) is 13.1. The first-order valence-electron chi connectivity index (χ1n) is 11.1. The molecule has 2 amide bonds.